The highest BCUT2D eigenvalue weighted by Gasteiger charge is 2.32. The number of alkyl halides is 4. The summed E-state index contributed by atoms with van der Waals surface area (Å²) in [6.07, 6.45) is -4.84. The normalized spacial score (nSPS) is 20.0. The van der Waals surface area contributed by atoms with Crippen LogP contribution >= 0.6 is 0 Å². The fourth-order valence-corrected chi connectivity index (χ4v) is 4.97. The minimum Gasteiger partial charge on any atom is -0.378 e. The molecule has 0 saturated carbocycles. The Kier molecular flexibility index (Phi) is 8.60. The third-order valence-corrected chi connectivity index (χ3v) is 7.10. The van der Waals surface area contributed by atoms with E-state index in [0.717, 1.165) is 18.9 Å². The van der Waals surface area contributed by atoms with Gasteiger partial charge in [0.2, 0.25) is 0 Å². The van der Waals surface area contributed by atoms with E-state index in [-0.39, 0.29) is 29.9 Å². The van der Waals surface area contributed by atoms with Crippen LogP contribution in [-0.4, -0.2) is 96.8 Å². The highest BCUT2D eigenvalue weighted by molar-refractivity contribution is 5.94. The van der Waals surface area contributed by atoms with Crippen molar-refractivity contribution in [1.82, 2.24) is 24.8 Å². The molecule has 2 N–H and O–H groups in total. The van der Waals surface area contributed by atoms with Gasteiger partial charge < -0.3 is 25.2 Å². The fraction of sp³-hybridized carbons (Fsp3) is 0.464. The molecule has 0 bridgehead atoms. The van der Waals surface area contributed by atoms with E-state index in [1.54, 1.807) is 24.3 Å². The quantitative estimate of drug-likeness (QED) is 0.347. The van der Waals surface area contributed by atoms with Gasteiger partial charge in [0.15, 0.2) is 0 Å². The molecule has 3 aromatic rings. The van der Waals surface area contributed by atoms with Gasteiger partial charge in [-0.15, -0.1) is 0 Å². The number of ether oxygens (including phenoxy) is 1. The van der Waals surface area contributed by atoms with E-state index in [0.29, 0.717) is 37.6 Å². The number of pyridine rings is 2. The highest BCUT2D eigenvalue weighted by Crippen LogP contribution is 2.28. The van der Waals surface area contributed by atoms with Crippen LogP contribution in [0.2, 0.25) is 0 Å². The van der Waals surface area contributed by atoms with Gasteiger partial charge in [0.1, 0.15) is 23.5 Å². The number of piperidine rings is 1. The van der Waals surface area contributed by atoms with E-state index in [4.69, 9.17) is 4.74 Å². The second kappa shape index (κ2) is 12.3. The summed E-state index contributed by atoms with van der Waals surface area (Å²) in [4.78, 5) is 20.9. The smallest absolute Gasteiger partial charge is 0.378 e. The zero-order valence-corrected chi connectivity index (χ0v) is 22.5. The van der Waals surface area contributed by atoms with Crippen molar-refractivity contribution in [1.29, 1.82) is 0 Å². The predicted molar refractivity (Wildman–Crippen MR) is 146 cm³/mol. The summed E-state index contributed by atoms with van der Waals surface area (Å²) >= 11 is 0. The van der Waals surface area contributed by atoms with Crippen LogP contribution in [0.4, 0.5) is 29.2 Å². The van der Waals surface area contributed by atoms with Crippen molar-refractivity contribution in [2.45, 2.75) is 31.2 Å². The van der Waals surface area contributed by atoms with Gasteiger partial charge in [-0.3, -0.25) is 4.79 Å². The average Bonchev–Trinajstić information content (AvgIpc) is 3.29. The molecule has 2 saturated heterocycles. The maximum Gasteiger partial charge on any atom is 0.393 e. The lowest BCUT2D eigenvalue weighted by Crippen LogP contribution is -2.46. The molecule has 2 fully saturated rings. The Morgan fingerprint density at radius 3 is 2.68 bits per heavy atom. The Balaban J connectivity index is 1.30. The fourth-order valence-electron chi connectivity index (χ4n) is 4.97. The number of nitrogens with one attached hydrogen (secondary N) is 2. The number of likely N-dealkylation sites (tertiary alicyclic amines) is 1. The summed E-state index contributed by atoms with van der Waals surface area (Å²) < 4.78 is 61.8. The molecule has 5 heterocycles. The molecule has 13 heteroatoms. The molecule has 0 aliphatic carbocycles. The summed E-state index contributed by atoms with van der Waals surface area (Å²) in [6, 6.07) is 7.71. The Bertz CT molecular complexity index is 1430. The number of aromatic nitrogens is 3. The lowest BCUT2D eigenvalue weighted by atomic mass is 10.0. The van der Waals surface area contributed by atoms with Crippen molar-refractivity contribution >= 4 is 23.1 Å². The van der Waals surface area contributed by atoms with Gasteiger partial charge in [-0.1, -0.05) is 12.0 Å². The number of carbonyl (C=O) groups is 1. The maximum atomic E-state index is 14.6. The van der Waals surface area contributed by atoms with Gasteiger partial charge in [-0.2, -0.15) is 18.3 Å². The van der Waals surface area contributed by atoms with Crippen LogP contribution in [0, 0.1) is 11.8 Å². The van der Waals surface area contributed by atoms with Crippen molar-refractivity contribution in [2.24, 2.45) is 0 Å². The molecule has 5 rings (SSSR count). The Morgan fingerprint density at radius 2 is 1.98 bits per heavy atom. The van der Waals surface area contributed by atoms with Crippen LogP contribution in [0.3, 0.4) is 0 Å². The molecule has 41 heavy (non-hydrogen) atoms. The molecular weight excluding hydrogens is 542 g/mol. The molecule has 218 valence electrons. The van der Waals surface area contributed by atoms with Crippen LogP contribution < -0.4 is 15.5 Å². The predicted octanol–water partition coefficient (Wildman–Crippen LogP) is 2.91. The first-order valence-corrected chi connectivity index (χ1v) is 13.4. The zero-order chi connectivity index (χ0) is 29.0. The van der Waals surface area contributed by atoms with Crippen LogP contribution in [0.25, 0.3) is 5.52 Å². The van der Waals surface area contributed by atoms with Gasteiger partial charge >= 0.3 is 6.18 Å². The van der Waals surface area contributed by atoms with E-state index in [1.165, 1.54) is 16.8 Å². The lowest BCUT2D eigenvalue weighted by Gasteiger charge is -2.33. The minimum absolute atomic E-state index is 0.0532. The summed E-state index contributed by atoms with van der Waals surface area (Å²) in [7, 11) is 1.84. The van der Waals surface area contributed by atoms with Crippen molar-refractivity contribution in [3.8, 4) is 11.8 Å². The second-order valence-corrected chi connectivity index (χ2v) is 10.1. The number of fused-ring (bicyclic) bond motifs is 1. The van der Waals surface area contributed by atoms with E-state index in [1.807, 2.05) is 11.9 Å². The number of anilines is 2. The summed E-state index contributed by atoms with van der Waals surface area (Å²) in [6.45, 7) is 3.54. The maximum absolute atomic E-state index is 14.6. The monoisotopic (exact) mass is 573 g/mol. The number of hydrogen-bond acceptors (Lipinski definition) is 7. The summed E-state index contributed by atoms with van der Waals surface area (Å²) in [5, 5.41) is 10.1. The molecule has 1 amide bonds. The zero-order valence-electron chi connectivity index (χ0n) is 22.5. The Labute approximate surface area is 234 Å². The Morgan fingerprint density at radius 1 is 1.17 bits per heavy atom. The number of carbonyl (C=O) groups excluding carboxylic acids is 1. The third kappa shape index (κ3) is 7.07. The van der Waals surface area contributed by atoms with Crippen LogP contribution in [-0.2, 0) is 11.2 Å². The molecule has 2 atom stereocenters. The number of amides is 1. The van der Waals surface area contributed by atoms with E-state index in [9.17, 15) is 22.4 Å². The standard InChI is InChI=1S/C28H31F4N7O2/c1-37-11-9-23(21(29)18-37)35-26-6-2-5-24-20(16-28(30,31)32)22(36-39(24)26)4-3-10-33-27(40)19-7-8-25(34-17-19)38-12-14-41-15-13-38/h2,5-8,17,21,23,35H,9-16,18H2,1H3,(H,33,40)/t21-,23+/m0/s1. The van der Waals surface area contributed by atoms with Crippen molar-refractivity contribution in [3.05, 3.63) is 53.3 Å². The summed E-state index contributed by atoms with van der Waals surface area (Å²) in [5.74, 6) is 6.13. The Hall–Kier alpha value is -3.89. The molecule has 3 aromatic heterocycles. The molecule has 9 nitrogen and oxygen atoms in total. The molecule has 0 spiro atoms. The van der Waals surface area contributed by atoms with E-state index in [2.05, 4.69) is 37.5 Å². The third-order valence-electron chi connectivity index (χ3n) is 7.10. The minimum atomic E-state index is -4.49. The summed E-state index contributed by atoms with van der Waals surface area (Å²) in [5.41, 5.74) is 0.436. The van der Waals surface area contributed by atoms with E-state index >= 15 is 0 Å². The first-order chi connectivity index (χ1) is 19.7. The first kappa shape index (κ1) is 28.6. The highest BCUT2D eigenvalue weighted by atomic mass is 19.4. The molecule has 2 aliphatic heterocycles. The second-order valence-electron chi connectivity index (χ2n) is 10.1. The number of nitrogens with zero attached hydrogens (tertiary/aromatic N) is 5. The van der Waals surface area contributed by atoms with Crippen molar-refractivity contribution in [2.75, 3.05) is 63.2 Å². The number of halogens is 4. The van der Waals surface area contributed by atoms with Gasteiger partial charge in [-0.25, -0.2) is 13.9 Å². The number of hydrogen-bond donors (Lipinski definition) is 2. The van der Waals surface area contributed by atoms with Crippen molar-refractivity contribution in [3.63, 3.8) is 0 Å². The molecule has 2 aliphatic rings. The molecule has 0 unspecified atom stereocenters. The molecule has 0 aromatic carbocycles. The van der Waals surface area contributed by atoms with Gasteiger partial charge in [0.05, 0.1) is 43.3 Å². The SMILES string of the molecule is CN1CC[C@@H](Nc2cccc3c(CC(F)(F)F)c(C#CCNC(=O)c4ccc(N5CCOCC5)nc4)nn23)[C@@H](F)C1. The largest absolute Gasteiger partial charge is 0.393 e. The number of morpholine rings is 1. The van der Waals surface area contributed by atoms with Crippen LogP contribution in [0.5, 0.6) is 0 Å². The topological polar surface area (TPSA) is 87.0 Å². The van der Waals surface area contributed by atoms with Crippen LogP contribution in [0.15, 0.2) is 36.5 Å². The van der Waals surface area contributed by atoms with Crippen LogP contribution in [0.1, 0.15) is 28.0 Å². The van der Waals surface area contributed by atoms with Crippen molar-refractivity contribution < 1.29 is 27.1 Å². The molecular formula is C28H31F4N7O2. The van der Waals surface area contributed by atoms with E-state index < -0.39 is 30.7 Å². The van der Waals surface area contributed by atoms with Gasteiger partial charge in [-0.05, 0) is 43.7 Å². The lowest BCUT2D eigenvalue weighted by molar-refractivity contribution is -0.127. The van der Waals surface area contributed by atoms with Gasteiger partial charge in [0, 0.05) is 37.9 Å². The average molecular weight is 574 g/mol. The molecule has 0 radical (unpaired) electrons. The number of rotatable bonds is 6. The first-order valence-electron chi connectivity index (χ1n) is 13.4. The van der Waals surface area contributed by atoms with Gasteiger partial charge in [0.25, 0.3) is 5.91 Å².